The Morgan fingerprint density at radius 3 is 2.60 bits per heavy atom. The number of ketones is 1. The highest BCUT2D eigenvalue weighted by Gasteiger charge is 2.18. The number of ether oxygens (including phenoxy) is 1. The lowest BCUT2D eigenvalue weighted by atomic mass is 9.95. The molecule has 0 aliphatic carbocycles. The monoisotopic (exact) mass is 207 g/mol. The Hall–Kier alpha value is -1.19. The average molecular weight is 207 g/mol. The van der Waals surface area contributed by atoms with E-state index in [0.717, 1.165) is 5.56 Å². The van der Waals surface area contributed by atoms with Crippen molar-refractivity contribution in [3.63, 3.8) is 0 Å². The fraction of sp³-hybridized carbons (Fsp3) is 0.417. The van der Waals surface area contributed by atoms with Crippen LogP contribution in [0, 0.1) is 0 Å². The lowest BCUT2D eigenvalue weighted by Crippen LogP contribution is -2.25. The molecule has 1 rings (SSSR count). The molecule has 15 heavy (non-hydrogen) atoms. The van der Waals surface area contributed by atoms with Gasteiger partial charge in [0.05, 0.1) is 5.92 Å². The minimum absolute atomic E-state index is 0.0468. The second-order valence-corrected chi connectivity index (χ2v) is 3.30. The van der Waals surface area contributed by atoms with Crippen molar-refractivity contribution in [2.45, 2.75) is 12.8 Å². The normalized spacial score (nSPS) is 12.4. The summed E-state index contributed by atoms with van der Waals surface area (Å²) in [6.45, 7) is 2.90. The topological polar surface area (TPSA) is 52.3 Å². The number of benzene rings is 1. The summed E-state index contributed by atoms with van der Waals surface area (Å²) in [7, 11) is 0. The van der Waals surface area contributed by atoms with E-state index in [0.29, 0.717) is 13.2 Å². The van der Waals surface area contributed by atoms with Gasteiger partial charge in [-0.1, -0.05) is 30.3 Å². The average Bonchev–Trinajstić information content (AvgIpc) is 2.29. The second kappa shape index (κ2) is 6.32. The van der Waals surface area contributed by atoms with Gasteiger partial charge in [-0.05, 0) is 12.5 Å². The zero-order valence-corrected chi connectivity index (χ0v) is 8.98. The highest BCUT2D eigenvalue weighted by molar-refractivity contribution is 5.87. The van der Waals surface area contributed by atoms with Crippen LogP contribution >= 0.6 is 0 Å². The van der Waals surface area contributed by atoms with E-state index >= 15 is 0 Å². The van der Waals surface area contributed by atoms with Crippen molar-refractivity contribution in [2.24, 2.45) is 5.73 Å². The highest BCUT2D eigenvalue weighted by atomic mass is 16.5. The third-order valence-corrected chi connectivity index (χ3v) is 2.27. The maximum atomic E-state index is 11.7. The van der Waals surface area contributed by atoms with Crippen molar-refractivity contribution in [1.29, 1.82) is 0 Å². The van der Waals surface area contributed by atoms with Crippen molar-refractivity contribution in [2.75, 3.05) is 19.8 Å². The van der Waals surface area contributed by atoms with Gasteiger partial charge in [0.25, 0.3) is 0 Å². The van der Waals surface area contributed by atoms with Crippen LogP contribution in [-0.2, 0) is 9.53 Å². The zero-order chi connectivity index (χ0) is 11.1. The minimum atomic E-state index is -0.238. The lowest BCUT2D eigenvalue weighted by molar-refractivity contribution is -0.124. The van der Waals surface area contributed by atoms with Crippen LogP contribution in [0.2, 0.25) is 0 Å². The summed E-state index contributed by atoms with van der Waals surface area (Å²) >= 11 is 0. The zero-order valence-electron chi connectivity index (χ0n) is 8.98. The van der Waals surface area contributed by atoms with Gasteiger partial charge in [-0.2, -0.15) is 0 Å². The molecule has 1 unspecified atom stereocenters. The number of Topliss-reactive ketones (excluding diaryl/α,β-unsaturated/α-hetero) is 1. The molecule has 1 aromatic rings. The van der Waals surface area contributed by atoms with Crippen LogP contribution in [0.5, 0.6) is 0 Å². The van der Waals surface area contributed by atoms with Gasteiger partial charge < -0.3 is 10.5 Å². The molecule has 1 atom stereocenters. The van der Waals surface area contributed by atoms with Gasteiger partial charge in [0.1, 0.15) is 6.61 Å². The highest BCUT2D eigenvalue weighted by Crippen LogP contribution is 2.15. The molecule has 0 amide bonds. The van der Waals surface area contributed by atoms with E-state index in [2.05, 4.69) is 0 Å². The first-order valence-electron chi connectivity index (χ1n) is 5.15. The summed E-state index contributed by atoms with van der Waals surface area (Å²) in [5.41, 5.74) is 6.56. The predicted octanol–water partition coefficient (Wildman–Crippen LogP) is 1.33. The molecule has 1 aromatic carbocycles. The van der Waals surface area contributed by atoms with E-state index in [-0.39, 0.29) is 18.3 Å². The van der Waals surface area contributed by atoms with E-state index in [1.165, 1.54) is 0 Å². The number of carbonyl (C=O) groups is 1. The van der Waals surface area contributed by atoms with Crippen LogP contribution in [0.3, 0.4) is 0 Å². The van der Waals surface area contributed by atoms with Crippen molar-refractivity contribution in [3.05, 3.63) is 35.9 Å². The standard InChI is InChI=1S/C12H17NO2/c1-2-15-9-12(14)11(8-13)10-6-4-3-5-7-10/h3-7,11H,2,8-9,13H2,1H3. The number of carbonyl (C=O) groups excluding carboxylic acids is 1. The van der Waals surface area contributed by atoms with Gasteiger partial charge in [-0.25, -0.2) is 0 Å². The van der Waals surface area contributed by atoms with Crippen molar-refractivity contribution in [3.8, 4) is 0 Å². The number of rotatable bonds is 6. The molecule has 0 fully saturated rings. The maximum absolute atomic E-state index is 11.7. The molecular formula is C12H17NO2. The van der Waals surface area contributed by atoms with Gasteiger partial charge in [-0.15, -0.1) is 0 Å². The fourth-order valence-electron chi connectivity index (χ4n) is 1.44. The first-order valence-corrected chi connectivity index (χ1v) is 5.15. The van der Waals surface area contributed by atoms with E-state index in [1.807, 2.05) is 37.3 Å². The first-order chi connectivity index (χ1) is 7.29. The maximum Gasteiger partial charge on any atom is 0.167 e. The molecule has 3 heteroatoms. The van der Waals surface area contributed by atoms with Gasteiger partial charge in [0, 0.05) is 13.2 Å². The third-order valence-electron chi connectivity index (χ3n) is 2.27. The van der Waals surface area contributed by atoms with Gasteiger partial charge >= 0.3 is 0 Å². The summed E-state index contributed by atoms with van der Waals surface area (Å²) in [6.07, 6.45) is 0. The van der Waals surface area contributed by atoms with Crippen LogP contribution in [0.25, 0.3) is 0 Å². The van der Waals surface area contributed by atoms with E-state index in [4.69, 9.17) is 10.5 Å². The molecule has 0 saturated heterocycles. The third kappa shape index (κ3) is 3.46. The smallest absolute Gasteiger partial charge is 0.167 e. The Balaban J connectivity index is 2.67. The molecule has 0 bridgehead atoms. The molecule has 0 aliphatic heterocycles. The minimum Gasteiger partial charge on any atom is -0.374 e. The Bertz CT molecular complexity index is 298. The number of hydrogen-bond donors (Lipinski definition) is 1. The van der Waals surface area contributed by atoms with Gasteiger partial charge in [-0.3, -0.25) is 4.79 Å². The van der Waals surface area contributed by atoms with Crippen LogP contribution in [0.15, 0.2) is 30.3 Å². The van der Waals surface area contributed by atoms with Crippen LogP contribution < -0.4 is 5.73 Å². The Labute approximate surface area is 90.2 Å². The second-order valence-electron chi connectivity index (χ2n) is 3.30. The van der Waals surface area contributed by atoms with Crippen LogP contribution in [0.1, 0.15) is 18.4 Å². The Morgan fingerprint density at radius 2 is 2.07 bits per heavy atom. The van der Waals surface area contributed by atoms with Crippen LogP contribution in [-0.4, -0.2) is 25.5 Å². The largest absolute Gasteiger partial charge is 0.374 e. The lowest BCUT2D eigenvalue weighted by Gasteiger charge is -2.13. The predicted molar refractivity (Wildman–Crippen MR) is 59.7 cm³/mol. The van der Waals surface area contributed by atoms with Gasteiger partial charge in [0.15, 0.2) is 5.78 Å². The van der Waals surface area contributed by atoms with Crippen molar-refractivity contribution < 1.29 is 9.53 Å². The fourth-order valence-corrected chi connectivity index (χ4v) is 1.44. The van der Waals surface area contributed by atoms with Crippen molar-refractivity contribution in [1.82, 2.24) is 0 Å². The summed E-state index contributed by atoms with van der Waals surface area (Å²) in [4.78, 5) is 11.7. The summed E-state index contributed by atoms with van der Waals surface area (Å²) in [5, 5.41) is 0. The summed E-state index contributed by atoms with van der Waals surface area (Å²) in [5.74, 6) is -0.191. The number of hydrogen-bond acceptors (Lipinski definition) is 3. The van der Waals surface area contributed by atoms with Gasteiger partial charge in [0.2, 0.25) is 0 Å². The SMILES string of the molecule is CCOCC(=O)C(CN)c1ccccc1. The first kappa shape index (κ1) is 11.9. The van der Waals surface area contributed by atoms with E-state index in [1.54, 1.807) is 0 Å². The summed E-state index contributed by atoms with van der Waals surface area (Å²) in [6, 6.07) is 9.57. The molecule has 2 N–H and O–H groups in total. The number of nitrogens with two attached hydrogens (primary N) is 1. The molecule has 3 nitrogen and oxygen atoms in total. The van der Waals surface area contributed by atoms with Crippen LogP contribution in [0.4, 0.5) is 0 Å². The Kier molecular flexibility index (Phi) is 5.01. The molecule has 0 saturated carbocycles. The summed E-state index contributed by atoms with van der Waals surface area (Å²) < 4.78 is 5.09. The molecule has 0 heterocycles. The van der Waals surface area contributed by atoms with E-state index < -0.39 is 0 Å². The molecule has 0 aromatic heterocycles. The van der Waals surface area contributed by atoms with Crippen molar-refractivity contribution >= 4 is 5.78 Å². The molecule has 0 spiro atoms. The molecule has 0 aliphatic rings. The quantitative estimate of drug-likeness (QED) is 0.765. The molecular weight excluding hydrogens is 190 g/mol. The Morgan fingerprint density at radius 1 is 1.40 bits per heavy atom. The molecule has 82 valence electrons. The molecule has 0 radical (unpaired) electrons. The van der Waals surface area contributed by atoms with E-state index in [9.17, 15) is 4.79 Å².